The van der Waals surface area contributed by atoms with Gasteiger partial charge in [-0.2, -0.15) is 0 Å². The number of hydrogen-bond acceptors (Lipinski definition) is 5. The van der Waals surface area contributed by atoms with Crippen molar-refractivity contribution >= 4 is 6.09 Å². The summed E-state index contributed by atoms with van der Waals surface area (Å²) in [5, 5.41) is 10.6. The summed E-state index contributed by atoms with van der Waals surface area (Å²) < 4.78 is 13.1. The number of amides is 1. The molecule has 0 aliphatic carbocycles. The molecule has 3 heterocycles. The summed E-state index contributed by atoms with van der Waals surface area (Å²) >= 11 is 0. The summed E-state index contributed by atoms with van der Waals surface area (Å²) in [5.41, 5.74) is 1.97. The van der Waals surface area contributed by atoms with Crippen molar-refractivity contribution in [1.82, 2.24) is 9.47 Å². The van der Waals surface area contributed by atoms with Gasteiger partial charge in [-0.1, -0.05) is 54.6 Å². The summed E-state index contributed by atoms with van der Waals surface area (Å²) in [4.78, 5) is 27.3. The van der Waals surface area contributed by atoms with Crippen LogP contribution < -0.4 is 5.56 Å². The molecule has 37 heavy (non-hydrogen) atoms. The fraction of sp³-hybridized carbons (Fsp3) is 0.400. The minimum absolute atomic E-state index is 0.0259. The number of nitrogens with zero attached hydrogens (tertiary/aromatic N) is 2. The molecule has 2 aliphatic rings. The summed E-state index contributed by atoms with van der Waals surface area (Å²) in [5.74, 6) is 0. The molecule has 2 aromatic carbocycles. The van der Waals surface area contributed by atoms with E-state index >= 15 is 0 Å². The third kappa shape index (κ3) is 5.20. The molecule has 3 aromatic rings. The average molecular weight is 503 g/mol. The molecule has 2 fully saturated rings. The number of aliphatic hydroxyl groups is 1. The van der Waals surface area contributed by atoms with E-state index in [1.165, 1.54) is 0 Å². The van der Waals surface area contributed by atoms with Gasteiger partial charge in [0.15, 0.2) is 0 Å². The molecule has 2 saturated heterocycles. The van der Waals surface area contributed by atoms with Crippen molar-refractivity contribution < 1.29 is 19.4 Å². The summed E-state index contributed by atoms with van der Waals surface area (Å²) in [6, 6.07) is 21.1. The quantitative estimate of drug-likeness (QED) is 0.489. The second kappa shape index (κ2) is 9.80. The normalized spacial score (nSPS) is 21.3. The highest BCUT2D eigenvalue weighted by Gasteiger charge is 2.46. The van der Waals surface area contributed by atoms with Gasteiger partial charge in [0, 0.05) is 31.6 Å². The first-order valence-electron chi connectivity index (χ1n) is 12.8. The van der Waals surface area contributed by atoms with E-state index in [1.807, 2.05) is 73.8 Å². The zero-order chi connectivity index (χ0) is 26.2. The highest BCUT2D eigenvalue weighted by molar-refractivity contribution is 5.70. The van der Waals surface area contributed by atoms with Gasteiger partial charge < -0.3 is 24.0 Å². The van der Waals surface area contributed by atoms with Gasteiger partial charge >= 0.3 is 6.09 Å². The topological polar surface area (TPSA) is 81.0 Å². The van der Waals surface area contributed by atoms with Crippen LogP contribution in [0.15, 0.2) is 77.7 Å². The van der Waals surface area contributed by atoms with Gasteiger partial charge in [0.05, 0.1) is 30.9 Å². The highest BCUT2D eigenvalue weighted by atomic mass is 16.6. The summed E-state index contributed by atoms with van der Waals surface area (Å²) in [7, 11) is 0. The highest BCUT2D eigenvalue weighted by Crippen LogP contribution is 2.42. The number of benzene rings is 2. The maximum atomic E-state index is 13.3. The first kappa shape index (κ1) is 25.2. The molecule has 1 amide bonds. The lowest BCUT2D eigenvalue weighted by molar-refractivity contribution is -0.101. The van der Waals surface area contributed by atoms with Crippen molar-refractivity contribution in [3.8, 4) is 11.1 Å². The Hall–Kier alpha value is -3.42. The van der Waals surface area contributed by atoms with Gasteiger partial charge in [0.25, 0.3) is 5.56 Å². The van der Waals surface area contributed by atoms with Crippen LogP contribution in [0.5, 0.6) is 0 Å². The SMILES string of the molecule is CC(c1ccc(-c2ccc(=O)n(C3COC3)c2)cc1)N1CCC(CC(C)(C)O)(c2ccccc2)OC1=O. The van der Waals surface area contributed by atoms with Crippen molar-refractivity contribution in [2.75, 3.05) is 19.8 Å². The fourth-order valence-corrected chi connectivity index (χ4v) is 5.37. The largest absolute Gasteiger partial charge is 0.438 e. The Morgan fingerprint density at radius 1 is 1.00 bits per heavy atom. The second-order valence-corrected chi connectivity index (χ2v) is 10.8. The lowest BCUT2D eigenvalue weighted by Gasteiger charge is -2.45. The Morgan fingerprint density at radius 3 is 2.27 bits per heavy atom. The number of rotatable bonds is 7. The lowest BCUT2D eigenvalue weighted by Crippen LogP contribution is -2.51. The molecule has 2 aliphatic heterocycles. The van der Waals surface area contributed by atoms with Crippen molar-refractivity contribution in [1.29, 1.82) is 0 Å². The minimum Gasteiger partial charge on any atom is -0.438 e. The van der Waals surface area contributed by atoms with E-state index in [2.05, 4.69) is 0 Å². The predicted octanol–water partition coefficient (Wildman–Crippen LogP) is 5.05. The number of cyclic esters (lactones) is 1. The van der Waals surface area contributed by atoms with E-state index in [-0.39, 0.29) is 23.7 Å². The molecule has 7 heteroatoms. The first-order chi connectivity index (χ1) is 17.7. The molecule has 1 N–H and O–H groups in total. The van der Waals surface area contributed by atoms with Gasteiger partial charge in [-0.25, -0.2) is 4.79 Å². The van der Waals surface area contributed by atoms with Crippen LogP contribution >= 0.6 is 0 Å². The molecule has 0 spiro atoms. The maximum Gasteiger partial charge on any atom is 0.411 e. The van der Waals surface area contributed by atoms with Crippen LogP contribution in [0.3, 0.4) is 0 Å². The molecule has 7 nitrogen and oxygen atoms in total. The Labute approximate surface area is 217 Å². The summed E-state index contributed by atoms with van der Waals surface area (Å²) in [6.45, 7) is 7.13. The third-order valence-corrected chi connectivity index (χ3v) is 7.44. The van der Waals surface area contributed by atoms with E-state index < -0.39 is 11.2 Å². The van der Waals surface area contributed by atoms with Crippen LogP contribution in [0.1, 0.15) is 56.8 Å². The van der Waals surface area contributed by atoms with Gasteiger partial charge in [-0.15, -0.1) is 0 Å². The van der Waals surface area contributed by atoms with Crippen LogP contribution in [0, 0.1) is 0 Å². The molecule has 0 radical (unpaired) electrons. The zero-order valence-corrected chi connectivity index (χ0v) is 21.6. The molecule has 0 saturated carbocycles. The average Bonchev–Trinajstić information content (AvgIpc) is 2.84. The molecule has 1 aromatic heterocycles. The Kier molecular flexibility index (Phi) is 6.68. The van der Waals surface area contributed by atoms with E-state index in [0.717, 1.165) is 22.3 Å². The predicted molar refractivity (Wildman–Crippen MR) is 141 cm³/mol. The van der Waals surface area contributed by atoms with E-state index in [4.69, 9.17) is 9.47 Å². The molecule has 5 rings (SSSR count). The molecule has 2 unspecified atom stereocenters. The molecule has 194 valence electrons. The van der Waals surface area contributed by atoms with Crippen LogP contribution in [0.4, 0.5) is 4.79 Å². The molecule has 2 atom stereocenters. The van der Waals surface area contributed by atoms with E-state index in [1.54, 1.807) is 29.4 Å². The Balaban J connectivity index is 1.33. The van der Waals surface area contributed by atoms with E-state index in [9.17, 15) is 14.7 Å². The van der Waals surface area contributed by atoms with Gasteiger partial charge in [0.1, 0.15) is 5.60 Å². The number of ether oxygens (including phenoxy) is 2. The van der Waals surface area contributed by atoms with Crippen molar-refractivity contribution in [3.63, 3.8) is 0 Å². The monoisotopic (exact) mass is 502 g/mol. The van der Waals surface area contributed by atoms with Gasteiger partial charge in [-0.3, -0.25) is 4.79 Å². The van der Waals surface area contributed by atoms with E-state index in [0.29, 0.717) is 32.6 Å². The molecular formula is C30H34N2O5. The Morgan fingerprint density at radius 2 is 1.68 bits per heavy atom. The third-order valence-electron chi connectivity index (χ3n) is 7.44. The number of pyridine rings is 1. The van der Waals surface area contributed by atoms with Crippen molar-refractivity contribution in [3.05, 3.63) is 94.4 Å². The fourth-order valence-electron chi connectivity index (χ4n) is 5.37. The van der Waals surface area contributed by atoms with Crippen molar-refractivity contribution in [2.24, 2.45) is 0 Å². The molecular weight excluding hydrogens is 468 g/mol. The first-order valence-corrected chi connectivity index (χ1v) is 12.8. The number of hydrogen-bond donors (Lipinski definition) is 1. The van der Waals surface area contributed by atoms with Gasteiger partial charge in [0.2, 0.25) is 0 Å². The lowest BCUT2D eigenvalue weighted by atomic mass is 9.80. The second-order valence-electron chi connectivity index (χ2n) is 10.8. The van der Waals surface area contributed by atoms with Crippen molar-refractivity contribution in [2.45, 2.75) is 56.9 Å². The van der Waals surface area contributed by atoms with Crippen LogP contribution in [-0.4, -0.2) is 46.0 Å². The minimum atomic E-state index is -0.992. The number of carbonyl (C=O) groups is 1. The van der Waals surface area contributed by atoms with Crippen LogP contribution in [-0.2, 0) is 15.1 Å². The zero-order valence-electron chi connectivity index (χ0n) is 21.6. The number of carbonyl (C=O) groups excluding carboxylic acids is 1. The smallest absolute Gasteiger partial charge is 0.411 e. The van der Waals surface area contributed by atoms with Crippen LogP contribution in [0.25, 0.3) is 11.1 Å². The number of aromatic nitrogens is 1. The Bertz CT molecular complexity index is 1310. The van der Waals surface area contributed by atoms with Crippen LogP contribution in [0.2, 0.25) is 0 Å². The molecule has 0 bridgehead atoms. The summed E-state index contributed by atoms with van der Waals surface area (Å²) in [6.07, 6.45) is 2.41. The van der Waals surface area contributed by atoms with Gasteiger partial charge in [-0.05, 0) is 49.1 Å². The standard InChI is InChI=1S/C30H34N2O5/c1-21(22-9-11-23(12-10-22)24-13-14-27(33)32(17-24)26-18-36-19-26)31-16-15-30(37-28(31)34,20-29(2,3)35)25-7-5-4-6-8-25/h4-14,17,21,26,35H,15-16,18-20H2,1-3H3. The maximum absolute atomic E-state index is 13.3.